The molecule has 152 valence electrons. The summed E-state index contributed by atoms with van der Waals surface area (Å²) in [6, 6.07) is 12.3. The second kappa shape index (κ2) is 10.6. The number of rotatable bonds is 8. The molecule has 0 bridgehead atoms. The predicted molar refractivity (Wildman–Crippen MR) is 121 cm³/mol. The molecular formula is C23H33N3OS. The van der Waals surface area contributed by atoms with Gasteiger partial charge in [-0.3, -0.25) is 0 Å². The lowest BCUT2D eigenvalue weighted by molar-refractivity contribution is 0.177. The number of piperidine rings is 1. The lowest BCUT2D eigenvalue weighted by Crippen LogP contribution is -2.39. The molecule has 0 spiro atoms. The average molecular weight is 400 g/mol. The van der Waals surface area contributed by atoms with Crippen LogP contribution in [0.15, 0.2) is 47.1 Å². The summed E-state index contributed by atoms with van der Waals surface area (Å²) in [7, 11) is 0. The number of thiocarbonyl (C=S) groups is 1. The first-order valence-electron chi connectivity index (χ1n) is 10.5. The van der Waals surface area contributed by atoms with E-state index in [0.29, 0.717) is 6.54 Å². The predicted octanol–water partition coefficient (Wildman–Crippen LogP) is 5.16. The maximum atomic E-state index is 5.79. The van der Waals surface area contributed by atoms with Crippen molar-refractivity contribution in [1.82, 2.24) is 9.80 Å². The van der Waals surface area contributed by atoms with Crippen LogP contribution in [-0.4, -0.2) is 41.1 Å². The van der Waals surface area contributed by atoms with Crippen LogP contribution in [0.4, 0.5) is 5.69 Å². The summed E-state index contributed by atoms with van der Waals surface area (Å²) in [6.45, 7) is 9.74. The minimum absolute atomic E-state index is 0.698. The van der Waals surface area contributed by atoms with Crippen molar-refractivity contribution in [1.29, 1.82) is 0 Å². The van der Waals surface area contributed by atoms with Crippen LogP contribution in [0.1, 0.15) is 44.4 Å². The summed E-state index contributed by atoms with van der Waals surface area (Å²) in [4.78, 5) is 4.83. The number of hydrogen-bond acceptors (Lipinski definition) is 3. The van der Waals surface area contributed by atoms with Gasteiger partial charge >= 0.3 is 0 Å². The average Bonchev–Trinajstić information content (AvgIpc) is 3.21. The van der Waals surface area contributed by atoms with Crippen molar-refractivity contribution in [3.63, 3.8) is 0 Å². The van der Waals surface area contributed by atoms with Gasteiger partial charge in [0, 0.05) is 18.8 Å². The molecule has 0 saturated carbocycles. The molecule has 2 aromatic rings. The van der Waals surface area contributed by atoms with Gasteiger partial charge in [0.15, 0.2) is 5.11 Å². The largest absolute Gasteiger partial charge is 0.467 e. The fourth-order valence-electron chi connectivity index (χ4n) is 3.96. The number of hydrogen-bond donors (Lipinski definition) is 1. The van der Waals surface area contributed by atoms with E-state index in [0.717, 1.165) is 48.4 Å². The Balaban J connectivity index is 1.60. The van der Waals surface area contributed by atoms with Crippen molar-refractivity contribution in [3.05, 3.63) is 54.0 Å². The van der Waals surface area contributed by atoms with Gasteiger partial charge < -0.3 is 19.5 Å². The van der Waals surface area contributed by atoms with Crippen LogP contribution in [-0.2, 0) is 13.0 Å². The minimum atomic E-state index is 0.698. The molecule has 1 unspecified atom stereocenters. The zero-order valence-corrected chi connectivity index (χ0v) is 18.0. The zero-order chi connectivity index (χ0) is 19.8. The third kappa shape index (κ3) is 6.08. The molecule has 4 nitrogen and oxygen atoms in total. The molecular weight excluding hydrogens is 366 g/mol. The summed E-state index contributed by atoms with van der Waals surface area (Å²) in [6.07, 6.45) is 6.50. The van der Waals surface area contributed by atoms with Gasteiger partial charge in [-0.15, -0.1) is 0 Å². The fourth-order valence-corrected chi connectivity index (χ4v) is 4.23. The van der Waals surface area contributed by atoms with Gasteiger partial charge in [-0.05, 0) is 80.7 Å². The van der Waals surface area contributed by atoms with Gasteiger partial charge in [0.2, 0.25) is 0 Å². The highest BCUT2D eigenvalue weighted by Crippen LogP contribution is 2.18. The number of aryl methyl sites for hydroxylation is 1. The highest BCUT2D eigenvalue weighted by Gasteiger charge is 2.17. The number of para-hydroxylation sites is 1. The van der Waals surface area contributed by atoms with Crippen LogP contribution in [0.25, 0.3) is 0 Å². The second-order valence-electron chi connectivity index (χ2n) is 7.84. The molecule has 1 aliphatic heterocycles. The van der Waals surface area contributed by atoms with Gasteiger partial charge in [0.25, 0.3) is 0 Å². The van der Waals surface area contributed by atoms with E-state index >= 15 is 0 Å². The lowest BCUT2D eigenvalue weighted by atomic mass is 10.0. The van der Waals surface area contributed by atoms with Gasteiger partial charge in [-0.25, -0.2) is 0 Å². The van der Waals surface area contributed by atoms with E-state index < -0.39 is 0 Å². The SMILES string of the molecule is CCc1ccccc1NC(=S)N(CCCN1CCCC(C)C1)Cc1ccco1. The van der Waals surface area contributed by atoms with Crippen LogP contribution in [0.5, 0.6) is 0 Å². The van der Waals surface area contributed by atoms with Crippen molar-refractivity contribution in [3.8, 4) is 0 Å². The Morgan fingerprint density at radius 1 is 1.29 bits per heavy atom. The number of benzene rings is 1. The normalized spacial score (nSPS) is 17.4. The van der Waals surface area contributed by atoms with E-state index in [2.05, 4.69) is 53.2 Å². The molecule has 5 heteroatoms. The smallest absolute Gasteiger partial charge is 0.173 e. The standard InChI is InChI=1S/C23H33N3OS/c1-3-20-10-4-5-12-22(20)24-23(28)26(18-21-11-7-16-27-21)15-8-14-25-13-6-9-19(2)17-25/h4-5,7,10-12,16,19H,3,6,8-9,13-15,17-18H2,1-2H3,(H,24,28). The third-order valence-electron chi connectivity index (χ3n) is 5.50. The third-order valence-corrected chi connectivity index (χ3v) is 5.86. The van der Waals surface area contributed by atoms with Crippen LogP contribution < -0.4 is 5.32 Å². The molecule has 3 rings (SSSR count). The maximum absolute atomic E-state index is 5.79. The number of anilines is 1. The Bertz CT molecular complexity index is 731. The van der Waals surface area contributed by atoms with E-state index in [1.807, 2.05) is 12.1 Å². The van der Waals surface area contributed by atoms with Crippen molar-refractivity contribution < 1.29 is 4.42 Å². The van der Waals surface area contributed by atoms with Crippen LogP contribution in [0.2, 0.25) is 0 Å². The van der Waals surface area contributed by atoms with Crippen LogP contribution in [0, 0.1) is 5.92 Å². The molecule has 28 heavy (non-hydrogen) atoms. The summed E-state index contributed by atoms with van der Waals surface area (Å²) in [5.41, 5.74) is 2.38. The number of likely N-dealkylation sites (tertiary alicyclic amines) is 1. The van der Waals surface area contributed by atoms with E-state index in [-0.39, 0.29) is 0 Å². The fraction of sp³-hybridized carbons (Fsp3) is 0.522. The van der Waals surface area contributed by atoms with E-state index in [1.165, 1.54) is 31.5 Å². The Morgan fingerprint density at radius 2 is 2.14 bits per heavy atom. The highest BCUT2D eigenvalue weighted by molar-refractivity contribution is 7.80. The highest BCUT2D eigenvalue weighted by atomic mass is 32.1. The van der Waals surface area contributed by atoms with Gasteiger partial charge in [0.1, 0.15) is 5.76 Å². The first-order chi connectivity index (χ1) is 13.7. The number of nitrogens with one attached hydrogen (secondary N) is 1. The molecule has 0 amide bonds. The zero-order valence-electron chi connectivity index (χ0n) is 17.2. The van der Waals surface area contributed by atoms with Gasteiger partial charge in [-0.2, -0.15) is 0 Å². The maximum Gasteiger partial charge on any atom is 0.173 e. The quantitative estimate of drug-likeness (QED) is 0.620. The van der Waals surface area contributed by atoms with E-state index in [9.17, 15) is 0 Å². The van der Waals surface area contributed by atoms with Crippen LogP contribution >= 0.6 is 12.2 Å². The lowest BCUT2D eigenvalue weighted by Gasteiger charge is -2.32. The van der Waals surface area contributed by atoms with Gasteiger partial charge in [0.05, 0.1) is 12.8 Å². The summed E-state index contributed by atoms with van der Waals surface area (Å²) < 4.78 is 5.58. The second-order valence-corrected chi connectivity index (χ2v) is 8.23. The van der Waals surface area contributed by atoms with Crippen molar-refractivity contribution in [2.45, 2.75) is 46.1 Å². The Labute approximate surface area is 174 Å². The molecule has 2 heterocycles. The first-order valence-corrected chi connectivity index (χ1v) is 10.9. The number of furan rings is 1. The molecule has 1 aliphatic rings. The Kier molecular flexibility index (Phi) is 7.92. The molecule has 1 fully saturated rings. The number of nitrogens with zero attached hydrogens (tertiary/aromatic N) is 2. The van der Waals surface area contributed by atoms with E-state index in [1.54, 1.807) is 6.26 Å². The Hall–Kier alpha value is -1.85. The molecule has 1 N–H and O–H groups in total. The topological polar surface area (TPSA) is 31.6 Å². The van der Waals surface area contributed by atoms with Crippen molar-refractivity contribution >= 4 is 23.0 Å². The first kappa shape index (κ1) is 20.9. The molecule has 0 aliphatic carbocycles. The summed E-state index contributed by atoms with van der Waals surface area (Å²) in [5.74, 6) is 1.76. The molecule has 1 atom stereocenters. The van der Waals surface area contributed by atoms with Gasteiger partial charge in [-0.1, -0.05) is 32.0 Å². The van der Waals surface area contributed by atoms with Crippen molar-refractivity contribution in [2.75, 3.05) is 31.5 Å². The van der Waals surface area contributed by atoms with Crippen molar-refractivity contribution in [2.24, 2.45) is 5.92 Å². The molecule has 1 saturated heterocycles. The summed E-state index contributed by atoms with van der Waals surface area (Å²) in [5, 5.41) is 4.24. The Morgan fingerprint density at radius 3 is 2.89 bits per heavy atom. The molecule has 1 aromatic heterocycles. The van der Waals surface area contributed by atoms with E-state index in [4.69, 9.17) is 16.6 Å². The molecule has 0 radical (unpaired) electrons. The summed E-state index contributed by atoms with van der Waals surface area (Å²) >= 11 is 5.79. The molecule has 1 aromatic carbocycles. The van der Waals surface area contributed by atoms with Crippen LogP contribution in [0.3, 0.4) is 0 Å². The monoisotopic (exact) mass is 399 g/mol. The minimum Gasteiger partial charge on any atom is -0.467 e.